The molecule has 36 heavy (non-hydrogen) atoms. The number of aryl methyl sites for hydroxylation is 2. The van der Waals surface area contributed by atoms with Crippen molar-refractivity contribution in [3.8, 4) is 34.4 Å². The Morgan fingerprint density at radius 3 is 2.33 bits per heavy atom. The smallest absolute Gasteiger partial charge is 0.323 e. The highest BCUT2D eigenvalue weighted by Crippen LogP contribution is 2.33. The maximum absolute atomic E-state index is 12.6. The van der Waals surface area contributed by atoms with Crippen molar-refractivity contribution in [1.82, 2.24) is 15.0 Å². The Hall–Kier alpha value is -4.66. The second-order valence-corrected chi connectivity index (χ2v) is 7.83. The zero-order valence-corrected chi connectivity index (χ0v) is 20.5. The molecular weight excluding hydrogens is 458 g/mol. The topological polar surface area (TPSA) is 107 Å². The highest BCUT2D eigenvalue weighted by molar-refractivity contribution is 6.00. The lowest BCUT2D eigenvalue weighted by Crippen LogP contribution is -2.19. The molecule has 0 spiro atoms. The maximum atomic E-state index is 12.6. The minimum absolute atomic E-state index is 0.402. The number of rotatable bonds is 8. The molecule has 0 fully saturated rings. The average molecular weight is 486 g/mol. The van der Waals surface area contributed by atoms with Crippen molar-refractivity contribution >= 4 is 17.4 Å². The molecule has 9 heteroatoms. The number of hydrogen-bond donors (Lipinski definition) is 2. The third-order valence-electron chi connectivity index (χ3n) is 5.32. The van der Waals surface area contributed by atoms with Crippen molar-refractivity contribution < 1.29 is 19.0 Å². The first-order valence-electron chi connectivity index (χ1n) is 11.4. The van der Waals surface area contributed by atoms with Gasteiger partial charge in [-0.2, -0.15) is 0 Å². The van der Waals surface area contributed by atoms with E-state index < -0.39 is 6.03 Å². The lowest BCUT2D eigenvalue weighted by molar-refractivity contribution is 0.262. The summed E-state index contributed by atoms with van der Waals surface area (Å²) in [5.74, 6) is 2.95. The largest absolute Gasteiger partial charge is 0.497 e. The van der Waals surface area contributed by atoms with Crippen molar-refractivity contribution in [2.45, 2.75) is 20.3 Å². The lowest BCUT2D eigenvalue weighted by Gasteiger charge is -2.14. The summed E-state index contributed by atoms with van der Waals surface area (Å²) in [6, 6.07) is 15.7. The number of urea groups is 1. The van der Waals surface area contributed by atoms with Gasteiger partial charge in [0.2, 0.25) is 5.88 Å². The second-order valence-electron chi connectivity index (χ2n) is 7.83. The van der Waals surface area contributed by atoms with Gasteiger partial charge in [-0.25, -0.2) is 19.7 Å². The summed E-state index contributed by atoms with van der Waals surface area (Å²) >= 11 is 0. The van der Waals surface area contributed by atoms with Crippen molar-refractivity contribution in [1.29, 1.82) is 0 Å². The van der Waals surface area contributed by atoms with E-state index in [-0.39, 0.29) is 0 Å². The number of amides is 2. The van der Waals surface area contributed by atoms with Crippen LogP contribution in [0.3, 0.4) is 0 Å². The van der Waals surface area contributed by atoms with Gasteiger partial charge in [-0.15, -0.1) is 0 Å². The lowest BCUT2D eigenvalue weighted by atomic mass is 10.1. The third-order valence-corrected chi connectivity index (χ3v) is 5.32. The van der Waals surface area contributed by atoms with E-state index >= 15 is 0 Å². The molecule has 0 bridgehead atoms. The number of ether oxygens (including phenoxy) is 3. The molecule has 9 nitrogen and oxygen atoms in total. The van der Waals surface area contributed by atoms with Gasteiger partial charge in [-0.05, 0) is 48.9 Å². The van der Waals surface area contributed by atoms with Crippen molar-refractivity contribution in [2.24, 2.45) is 0 Å². The zero-order chi connectivity index (χ0) is 25.5. The fourth-order valence-electron chi connectivity index (χ4n) is 3.51. The van der Waals surface area contributed by atoms with Crippen LogP contribution in [0.15, 0.2) is 67.0 Å². The van der Waals surface area contributed by atoms with Crippen LogP contribution in [0.5, 0.6) is 23.1 Å². The van der Waals surface area contributed by atoms with E-state index in [1.807, 2.05) is 38.1 Å². The molecule has 0 atom stereocenters. The summed E-state index contributed by atoms with van der Waals surface area (Å²) in [6.45, 7) is 3.90. The van der Waals surface area contributed by atoms with Gasteiger partial charge < -0.3 is 24.8 Å². The number of benzene rings is 2. The van der Waals surface area contributed by atoms with E-state index in [0.717, 1.165) is 29.1 Å². The van der Waals surface area contributed by atoms with E-state index in [4.69, 9.17) is 14.2 Å². The van der Waals surface area contributed by atoms with E-state index in [2.05, 4.69) is 25.6 Å². The quantitative estimate of drug-likeness (QED) is 0.322. The minimum atomic E-state index is -0.402. The van der Waals surface area contributed by atoms with Crippen LogP contribution in [0.2, 0.25) is 0 Å². The fourth-order valence-corrected chi connectivity index (χ4v) is 3.51. The summed E-state index contributed by atoms with van der Waals surface area (Å²) in [4.78, 5) is 25.8. The number of aromatic nitrogens is 3. The molecule has 2 aromatic carbocycles. The van der Waals surface area contributed by atoms with Crippen LogP contribution < -0.4 is 24.8 Å². The molecule has 2 N–H and O–H groups in total. The standard InChI is InChI=1S/C27H27N5O4/c1-5-25-28-12-10-23(32-25)22-7-6-11-29-26(22)36-24-9-8-18(13-17(24)2)30-27(33)31-19-14-20(34-3)16-21(15-19)35-4/h6-16H,5H2,1-4H3,(H2,30,31,33). The molecule has 0 radical (unpaired) electrons. The molecular formula is C27H27N5O4. The molecule has 4 rings (SSSR count). The molecule has 2 amide bonds. The first-order chi connectivity index (χ1) is 17.5. The number of nitrogens with one attached hydrogen (secondary N) is 2. The van der Waals surface area contributed by atoms with E-state index in [1.165, 1.54) is 0 Å². The highest BCUT2D eigenvalue weighted by Gasteiger charge is 2.13. The minimum Gasteiger partial charge on any atom is -0.497 e. The average Bonchev–Trinajstić information content (AvgIpc) is 2.90. The summed E-state index contributed by atoms with van der Waals surface area (Å²) in [7, 11) is 3.10. The first-order valence-corrected chi connectivity index (χ1v) is 11.4. The Morgan fingerprint density at radius 2 is 1.64 bits per heavy atom. The van der Waals surface area contributed by atoms with E-state index in [9.17, 15) is 4.79 Å². The fraction of sp³-hybridized carbons (Fsp3) is 0.185. The molecule has 2 heterocycles. The van der Waals surface area contributed by atoms with Crippen molar-refractivity contribution in [3.05, 3.63) is 78.4 Å². The summed E-state index contributed by atoms with van der Waals surface area (Å²) in [5.41, 5.74) is 3.48. The van der Waals surface area contributed by atoms with Gasteiger partial charge in [0.15, 0.2) is 0 Å². The Kier molecular flexibility index (Phi) is 7.60. The van der Waals surface area contributed by atoms with Crippen molar-refractivity contribution in [3.63, 3.8) is 0 Å². The monoisotopic (exact) mass is 485 g/mol. The molecule has 0 saturated heterocycles. The summed E-state index contributed by atoms with van der Waals surface area (Å²) in [6.07, 6.45) is 4.14. The maximum Gasteiger partial charge on any atom is 0.323 e. The van der Waals surface area contributed by atoms with Gasteiger partial charge in [-0.1, -0.05) is 6.92 Å². The van der Waals surface area contributed by atoms with E-state index in [1.54, 1.807) is 56.9 Å². The van der Waals surface area contributed by atoms with Gasteiger partial charge in [0.1, 0.15) is 23.1 Å². The Balaban J connectivity index is 1.48. The molecule has 0 aliphatic heterocycles. The van der Waals surface area contributed by atoms with Crippen LogP contribution in [-0.4, -0.2) is 35.2 Å². The molecule has 0 aliphatic rings. The second kappa shape index (κ2) is 11.2. The summed E-state index contributed by atoms with van der Waals surface area (Å²) < 4.78 is 16.6. The third kappa shape index (κ3) is 5.87. The van der Waals surface area contributed by atoms with Crippen LogP contribution in [-0.2, 0) is 6.42 Å². The van der Waals surface area contributed by atoms with Crippen LogP contribution >= 0.6 is 0 Å². The molecule has 0 unspecified atom stereocenters. The summed E-state index contributed by atoms with van der Waals surface area (Å²) in [5, 5.41) is 5.61. The van der Waals surface area contributed by atoms with Crippen molar-refractivity contribution in [2.75, 3.05) is 24.9 Å². The van der Waals surface area contributed by atoms with Crippen LogP contribution in [0.1, 0.15) is 18.3 Å². The number of methoxy groups -OCH3 is 2. The molecule has 184 valence electrons. The SMILES string of the molecule is CCc1nccc(-c2cccnc2Oc2ccc(NC(=O)Nc3cc(OC)cc(OC)c3)cc2C)n1. The molecule has 4 aromatic rings. The Bertz CT molecular complexity index is 1350. The number of pyridine rings is 1. The van der Waals surface area contributed by atoms with Crippen LogP contribution in [0.25, 0.3) is 11.3 Å². The van der Waals surface area contributed by atoms with Gasteiger partial charge >= 0.3 is 6.03 Å². The Morgan fingerprint density at radius 1 is 0.889 bits per heavy atom. The van der Waals surface area contributed by atoms with E-state index in [0.29, 0.717) is 34.5 Å². The van der Waals surface area contributed by atoms with Crippen LogP contribution in [0.4, 0.5) is 16.2 Å². The predicted octanol–water partition coefficient (Wildman–Crippen LogP) is 5.86. The van der Waals surface area contributed by atoms with Gasteiger partial charge in [-0.3, -0.25) is 0 Å². The molecule has 0 aliphatic carbocycles. The number of nitrogens with zero attached hydrogens (tertiary/aromatic N) is 3. The predicted molar refractivity (Wildman–Crippen MR) is 138 cm³/mol. The highest BCUT2D eigenvalue weighted by atomic mass is 16.5. The normalized spacial score (nSPS) is 10.4. The van der Waals surface area contributed by atoms with Gasteiger partial charge in [0, 0.05) is 48.4 Å². The molecule has 2 aromatic heterocycles. The number of hydrogen-bond acceptors (Lipinski definition) is 7. The van der Waals surface area contributed by atoms with Crippen LogP contribution in [0, 0.1) is 6.92 Å². The van der Waals surface area contributed by atoms with Gasteiger partial charge in [0.25, 0.3) is 0 Å². The zero-order valence-electron chi connectivity index (χ0n) is 20.5. The number of anilines is 2. The molecule has 0 saturated carbocycles. The number of carbonyl (C=O) groups is 1. The van der Waals surface area contributed by atoms with Gasteiger partial charge in [0.05, 0.1) is 25.5 Å². The first kappa shape index (κ1) is 24.5. The Labute approximate surface area is 209 Å². The number of carbonyl (C=O) groups excluding carboxylic acids is 1.